The van der Waals surface area contributed by atoms with Gasteiger partial charge in [0, 0.05) is 37.2 Å². The number of nitrogens with one attached hydrogen (secondary N) is 2. The summed E-state index contributed by atoms with van der Waals surface area (Å²) in [7, 11) is 1.81. The maximum atomic E-state index is 14.9. The van der Waals surface area contributed by atoms with Crippen molar-refractivity contribution in [3.05, 3.63) is 35.4 Å². The Hall–Kier alpha value is -2.53. The molecule has 11 heteroatoms. The van der Waals surface area contributed by atoms with Gasteiger partial charge in [-0.1, -0.05) is 12.1 Å². The molecule has 8 nitrogen and oxygen atoms in total. The fraction of sp³-hybridized carbons (Fsp3) is 0.704. The minimum atomic E-state index is -1.79. The average molecular weight is 543 g/mol. The van der Waals surface area contributed by atoms with E-state index in [1.54, 1.807) is 4.90 Å². The van der Waals surface area contributed by atoms with E-state index >= 15 is 0 Å². The molecule has 1 aliphatic carbocycles. The second-order valence-electron chi connectivity index (χ2n) is 10.6. The molecule has 1 saturated carbocycles. The lowest BCUT2D eigenvalue weighted by atomic mass is 9.74. The standard InChI is InChI=1S/C27H41F3N4O4/c1-32-16-21(15-18-8-10-20(28)11-9-18)33-26(36)34-13-3-5-19(17-34)27(37,12-4-14-38-25(31)35)22-6-2-7-23(29)24(22)30/h2,6-7,18-21,32,37H,3-5,8-17H2,1H3,(H2,31,35)(H,33,36)/t18?,19-,20?,21+,27+/m1/s1. The van der Waals surface area contributed by atoms with E-state index in [2.05, 4.69) is 10.6 Å². The lowest BCUT2D eigenvalue weighted by molar-refractivity contribution is -0.0605. The van der Waals surface area contributed by atoms with Crippen LogP contribution < -0.4 is 16.4 Å². The molecule has 0 radical (unpaired) electrons. The predicted molar refractivity (Wildman–Crippen MR) is 137 cm³/mol. The Labute approximate surface area is 222 Å². The number of nitrogens with zero attached hydrogens (tertiary/aromatic N) is 1. The van der Waals surface area contributed by atoms with Crippen LogP contribution in [0.4, 0.5) is 22.8 Å². The minimum Gasteiger partial charge on any atom is -0.450 e. The van der Waals surface area contributed by atoms with E-state index in [1.165, 1.54) is 12.1 Å². The third-order valence-corrected chi connectivity index (χ3v) is 7.92. The highest BCUT2D eigenvalue weighted by Gasteiger charge is 2.43. The van der Waals surface area contributed by atoms with Crippen molar-refractivity contribution in [2.24, 2.45) is 17.6 Å². The summed E-state index contributed by atoms with van der Waals surface area (Å²) in [6, 6.07) is 3.25. The molecule has 5 N–H and O–H groups in total. The molecule has 0 spiro atoms. The van der Waals surface area contributed by atoms with Crippen molar-refractivity contribution < 1.29 is 32.6 Å². The van der Waals surface area contributed by atoms with E-state index in [4.69, 9.17) is 10.5 Å². The summed E-state index contributed by atoms with van der Waals surface area (Å²) in [5, 5.41) is 18.0. The second-order valence-corrected chi connectivity index (χ2v) is 10.6. The maximum absolute atomic E-state index is 14.9. The molecule has 0 unspecified atom stereocenters. The number of amides is 3. The third kappa shape index (κ3) is 7.99. The zero-order valence-corrected chi connectivity index (χ0v) is 22.1. The van der Waals surface area contributed by atoms with E-state index in [9.17, 15) is 27.9 Å². The molecule has 0 bridgehead atoms. The first-order valence-electron chi connectivity index (χ1n) is 13.6. The summed E-state index contributed by atoms with van der Waals surface area (Å²) in [6.45, 7) is 1.10. The summed E-state index contributed by atoms with van der Waals surface area (Å²) in [5.74, 6) is -2.44. The molecular weight excluding hydrogens is 501 g/mol. The van der Waals surface area contributed by atoms with Crippen molar-refractivity contribution in [1.29, 1.82) is 0 Å². The Morgan fingerprint density at radius 3 is 2.66 bits per heavy atom. The summed E-state index contributed by atoms with van der Waals surface area (Å²) >= 11 is 0. The number of halogens is 3. The Bertz CT molecular complexity index is 932. The number of carbonyl (C=O) groups excluding carboxylic acids is 2. The van der Waals surface area contributed by atoms with E-state index in [-0.39, 0.29) is 43.6 Å². The van der Waals surface area contributed by atoms with Crippen molar-refractivity contribution in [3.63, 3.8) is 0 Å². The van der Waals surface area contributed by atoms with Gasteiger partial charge in [-0.25, -0.2) is 22.8 Å². The zero-order chi connectivity index (χ0) is 27.7. The molecule has 3 amide bonds. The number of benzene rings is 1. The molecule has 38 heavy (non-hydrogen) atoms. The summed E-state index contributed by atoms with van der Waals surface area (Å²) < 4.78 is 47.3. The maximum Gasteiger partial charge on any atom is 0.404 e. The van der Waals surface area contributed by atoms with Crippen LogP contribution >= 0.6 is 0 Å². The van der Waals surface area contributed by atoms with Crippen LogP contribution in [0.25, 0.3) is 0 Å². The number of likely N-dealkylation sites (tertiary alicyclic amines) is 1. The summed E-state index contributed by atoms with van der Waals surface area (Å²) in [6.07, 6.45) is 2.99. The number of hydrogen-bond donors (Lipinski definition) is 4. The number of primary amides is 1. The molecule has 1 aliphatic heterocycles. The normalized spacial score (nSPS) is 24.3. The number of nitrogens with two attached hydrogens (primary N) is 1. The number of likely N-dealkylation sites (N-methyl/N-ethyl adjacent to an activating group) is 1. The molecule has 3 rings (SSSR count). The van der Waals surface area contributed by atoms with Crippen LogP contribution in [0.3, 0.4) is 0 Å². The summed E-state index contributed by atoms with van der Waals surface area (Å²) in [5.41, 5.74) is 3.04. The molecule has 2 fully saturated rings. The number of rotatable bonds is 11. The molecule has 0 aromatic heterocycles. The predicted octanol–water partition coefficient (Wildman–Crippen LogP) is 3.96. The number of hydrogen-bond acceptors (Lipinski definition) is 5. The van der Waals surface area contributed by atoms with Crippen LogP contribution in [0.2, 0.25) is 0 Å². The molecular formula is C27H41F3N4O4. The van der Waals surface area contributed by atoms with Crippen LogP contribution in [-0.4, -0.2) is 67.6 Å². The highest BCUT2D eigenvalue weighted by atomic mass is 19.2. The van der Waals surface area contributed by atoms with Gasteiger partial charge in [-0.05, 0) is 76.8 Å². The third-order valence-electron chi connectivity index (χ3n) is 7.92. The van der Waals surface area contributed by atoms with Crippen LogP contribution in [-0.2, 0) is 10.3 Å². The van der Waals surface area contributed by atoms with E-state index in [0.717, 1.165) is 25.3 Å². The van der Waals surface area contributed by atoms with E-state index in [1.807, 2.05) is 7.05 Å². The van der Waals surface area contributed by atoms with Gasteiger partial charge in [-0.3, -0.25) is 0 Å². The van der Waals surface area contributed by atoms with Gasteiger partial charge in [0.05, 0.1) is 12.2 Å². The Morgan fingerprint density at radius 2 is 1.97 bits per heavy atom. The van der Waals surface area contributed by atoms with E-state index in [0.29, 0.717) is 44.7 Å². The van der Waals surface area contributed by atoms with Crippen molar-refractivity contribution >= 4 is 12.1 Å². The SMILES string of the molecule is CNC[C@H](CC1CCC(F)CC1)NC(=O)N1CCC[C@@H]([C@@](O)(CCCOC(N)=O)c2cccc(F)c2F)C1. The van der Waals surface area contributed by atoms with Gasteiger partial charge in [0.1, 0.15) is 6.17 Å². The van der Waals surface area contributed by atoms with Crippen LogP contribution in [0, 0.1) is 23.5 Å². The molecule has 1 aromatic rings. The van der Waals surface area contributed by atoms with Crippen molar-refractivity contribution in [3.8, 4) is 0 Å². The van der Waals surface area contributed by atoms with Crippen molar-refractivity contribution in [2.75, 3.05) is 33.3 Å². The van der Waals surface area contributed by atoms with Gasteiger partial charge < -0.3 is 31.1 Å². The second kappa shape index (κ2) is 14.0. The van der Waals surface area contributed by atoms with Gasteiger partial charge in [-0.2, -0.15) is 0 Å². The van der Waals surface area contributed by atoms with Gasteiger partial charge in [0.2, 0.25) is 0 Å². The summed E-state index contributed by atoms with van der Waals surface area (Å²) in [4.78, 5) is 25.8. The smallest absolute Gasteiger partial charge is 0.404 e. The molecule has 1 heterocycles. The first-order valence-corrected chi connectivity index (χ1v) is 13.6. The lowest BCUT2D eigenvalue weighted by Gasteiger charge is -2.43. The highest BCUT2D eigenvalue weighted by Crippen LogP contribution is 2.41. The van der Waals surface area contributed by atoms with Gasteiger partial charge in [0.25, 0.3) is 0 Å². The van der Waals surface area contributed by atoms with E-state index < -0.39 is 35.4 Å². The topological polar surface area (TPSA) is 117 Å². The Balaban J connectivity index is 1.71. The number of alkyl halides is 1. The van der Waals surface area contributed by atoms with Crippen LogP contribution in [0.1, 0.15) is 63.4 Å². The van der Waals surface area contributed by atoms with Crippen LogP contribution in [0.5, 0.6) is 0 Å². The number of piperidine rings is 1. The average Bonchev–Trinajstić information content (AvgIpc) is 2.89. The number of ether oxygens (including phenoxy) is 1. The van der Waals surface area contributed by atoms with Crippen LogP contribution in [0.15, 0.2) is 18.2 Å². The van der Waals surface area contributed by atoms with Crippen molar-refractivity contribution in [1.82, 2.24) is 15.5 Å². The van der Waals surface area contributed by atoms with Gasteiger partial charge in [0.15, 0.2) is 11.6 Å². The minimum absolute atomic E-state index is 0.0135. The molecule has 2 aliphatic rings. The molecule has 214 valence electrons. The monoisotopic (exact) mass is 542 g/mol. The number of carbonyl (C=O) groups is 2. The number of urea groups is 1. The Morgan fingerprint density at radius 1 is 1.24 bits per heavy atom. The first kappa shape index (κ1) is 30.0. The Kier molecular flexibility index (Phi) is 11.1. The fourth-order valence-corrected chi connectivity index (χ4v) is 5.93. The zero-order valence-electron chi connectivity index (χ0n) is 22.1. The molecule has 1 aromatic carbocycles. The highest BCUT2D eigenvalue weighted by molar-refractivity contribution is 5.74. The first-order chi connectivity index (χ1) is 18.1. The number of aliphatic hydroxyl groups is 1. The van der Waals surface area contributed by atoms with Gasteiger partial charge >= 0.3 is 12.1 Å². The fourth-order valence-electron chi connectivity index (χ4n) is 5.93. The molecule has 1 saturated heterocycles. The quantitative estimate of drug-likeness (QED) is 0.316. The largest absolute Gasteiger partial charge is 0.450 e. The molecule has 3 atom stereocenters. The van der Waals surface area contributed by atoms with Crippen molar-refractivity contribution in [2.45, 2.75) is 75.6 Å². The lowest BCUT2D eigenvalue weighted by Crippen LogP contribution is -2.54. The van der Waals surface area contributed by atoms with Gasteiger partial charge in [-0.15, -0.1) is 0 Å².